The largest absolute Gasteiger partial charge is 0.320 e. The molecule has 0 spiro atoms. The number of nitrogens with zero attached hydrogens (tertiary/aromatic N) is 2. The molecule has 1 amide bonds. The molecule has 0 saturated heterocycles. The minimum atomic E-state index is -3.51. The average molecular weight is 390 g/mol. The van der Waals surface area contributed by atoms with Crippen LogP contribution < -0.4 is 10.0 Å². The number of aromatic nitrogens is 2. The smallest absolute Gasteiger partial charge is 0.255 e. The second kappa shape index (κ2) is 6.65. The molecule has 0 aliphatic rings. The van der Waals surface area contributed by atoms with E-state index in [1.165, 1.54) is 0 Å². The van der Waals surface area contributed by atoms with Gasteiger partial charge < -0.3 is 5.32 Å². The normalized spacial score (nSPS) is 12.1. The monoisotopic (exact) mass is 390 g/mol. The lowest BCUT2D eigenvalue weighted by molar-refractivity contribution is 0.102. The highest BCUT2D eigenvalue weighted by Crippen LogP contribution is 2.23. The highest BCUT2D eigenvalue weighted by molar-refractivity contribution is 7.94. The summed E-state index contributed by atoms with van der Waals surface area (Å²) in [6.45, 7) is 4.85. The molecule has 0 saturated carbocycles. The van der Waals surface area contributed by atoms with Crippen LogP contribution in [-0.2, 0) is 10.0 Å². The highest BCUT2D eigenvalue weighted by atomic mass is 32.2. The van der Waals surface area contributed by atoms with E-state index in [0.29, 0.717) is 22.5 Å². The predicted octanol–water partition coefficient (Wildman–Crippen LogP) is 3.48. The third kappa shape index (κ3) is 3.68. The molecule has 2 aromatic carbocycles. The summed E-state index contributed by atoms with van der Waals surface area (Å²) in [4.78, 5) is 12.4. The number of carbonyl (C=O) groups excluding carboxylic acids is 1. The first-order chi connectivity index (χ1) is 12.2. The number of hydrogen-bond acceptors (Lipinski definition) is 6. The molecule has 2 N–H and O–H groups in total. The first kappa shape index (κ1) is 18.3. The number of fused-ring (bicyclic) bond motifs is 1. The summed E-state index contributed by atoms with van der Waals surface area (Å²) >= 11 is 1.08. The lowest BCUT2D eigenvalue weighted by Gasteiger charge is -2.20. The number of anilines is 2. The molecule has 0 fully saturated rings. The van der Waals surface area contributed by atoms with E-state index in [1.54, 1.807) is 57.2 Å². The van der Waals surface area contributed by atoms with Gasteiger partial charge in [0.25, 0.3) is 5.91 Å². The maximum atomic E-state index is 12.4. The number of amides is 1. The van der Waals surface area contributed by atoms with E-state index < -0.39 is 14.8 Å². The van der Waals surface area contributed by atoms with Crippen molar-refractivity contribution in [3.05, 3.63) is 48.0 Å². The molecule has 0 radical (unpaired) electrons. The summed E-state index contributed by atoms with van der Waals surface area (Å²) in [7, 11) is -3.51. The molecule has 3 aromatic rings. The Hall–Kier alpha value is -2.52. The molecule has 3 rings (SSSR count). The van der Waals surface area contributed by atoms with Crippen LogP contribution in [0.1, 0.15) is 31.1 Å². The van der Waals surface area contributed by atoms with Gasteiger partial charge >= 0.3 is 0 Å². The zero-order valence-corrected chi connectivity index (χ0v) is 16.1. The van der Waals surface area contributed by atoms with Crippen LogP contribution in [0, 0.1) is 0 Å². The summed E-state index contributed by atoms with van der Waals surface area (Å²) in [5, 5.41) is 2.81. The highest BCUT2D eigenvalue weighted by Gasteiger charge is 2.28. The van der Waals surface area contributed by atoms with Crippen molar-refractivity contribution < 1.29 is 13.2 Å². The molecule has 1 heterocycles. The zero-order chi connectivity index (χ0) is 18.9. The molecule has 0 aliphatic heterocycles. The maximum absolute atomic E-state index is 12.4. The summed E-state index contributed by atoms with van der Waals surface area (Å²) < 4.78 is 34.3. The van der Waals surface area contributed by atoms with Crippen LogP contribution in [0.25, 0.3) is 11.0 Å². The molecular weight excluding hydrogens is 372 g/mol. The second-order valence-electron chi connectivity index (χ2n) is 6.69. The Morgan fingerprint density at radius 3 is 2.38 bits per heavy atom. The first-order valence-corrected chi connectivity index (χ1v) is 10.0. The quantitative estimate of drug-likeness (QED) is 0.710. The molecule has 0 bridgehead atoms. The van der Waals surface area contributed by atoms with Crippen molar-refractivity contribution in [2.24, 2.45) is 0 Å². The molecule has 0 aliphatic carbocycles. The Morgan fingerprint density at radius 1 is 1.04 bits per heavy atom. The summed E-state index contributed by atoms with van der Waals surface area (Å²) in [5.41, 5.74) is 2.75. The van der Waals surface area contributed by atoms with Gasteiger partial charge in [-0.2, -0.15) is 8.75 Å². The van der Waals surface area contributed by atoms with Crippen molar-refractivity contribution in [3.63, 3.8) is 0 Å². The molecule has 0 atom stereocenters. The van der Waals surface area contributed by atoms with Gasteiger partial charge in [0.15, 0.2) is 0 Å². The molecule has 26 heavy (non-hydrogen) atoms. The summed E-state index contributed by atoms with van der Waals surface area (Å²) in [5.74, 6) is -0.310. The minimum absolute atomic E-state index is 0.310. The fourth-order valence-electron chi connectivity index (χ4n) is 2.10. The SMILES string of the molecule is CC(C)(C)S(=O)(=O)Nc1ccc(C(=O)Nc2cccc3nsnc23)cc1. The molecule has 0 unspecified atom stereocenters. The van der Waals surface area contributed by atoms with Crippen molar-refractivity contribution in [2.75, 3.05) is 10.0 Å². The Kier molecular flexibility index (Phi) is 4.68. The minimum Gasteiger partial charge on any atom is -0.320 e. The Balaban J connectivity index is 1.76. The number of rotatable bonds is 4. The molecular formula is C17H18N4O3S2. The maximum Gasteiger partial charge on any atom is 0.255 e. The second-order valence-corrected chi connectivity index (χ2v) is 9.65. The van der Waals surface area contributed by atoms with Crippen molar-refractivity contribution >= 4 is 50.1 Å². The van der Waals surface area contributed by atoms with Crippen LogP contribution in [0.3, 0.4) is 0 Å². The van der Waals surface area contributed by atoms with E-state index in [2.05, 4.69) is 18.8 Å². The Labute approximate surface area is 155 Å². The van der Waals surface area contributed by atoms with Crippen molar-refractivity contribution in [3.8, 4) is 0 Å². The lowest BCUT2D eigenvalue weighted by Crippen LogP contribution is -2.33. The van der Waals surface area contributed by atoms with Gasteiger partial charge in [-0.25, -0.2) is 8.42 Å². The zero-order valence-electron chi connectivity index (χ0n) is 14.5. The van der Waals surface area contributed by atoms with Gasteiger partial charge in [-0.15, -0.1) is 0 Å². The van der Waals surface area contributed by atoms with E-state index in [1.807, 2.05) is 6.07 Å². The van der Waals surface area contributed by atoms with Gasteiger partial charge in [0, 0.05) is 11.3 Å². The van der Waals surface area contributed by atoms with E-state index in [4.69, 9.17) is 0 Å². The van der Waals surface area contributed by atoms with Gasteiger partial charge in [0.05, 0.1) is 22.2 Å². The van der Waals surface area contributed by atoms with Crippen LogP contribution in [0.15, 0.2) is 42.5 Å². The van der Waals surface area contributed by atoms with E-state index in [9.17, 15) is 13.2 Å². The van der Waals surface area contributed by atoms with Gasteiger partial charge in [-0.05, 0) is 57.2 Å². The van der Waals surface area contributed by atoms with Gasteiger partial charge in [0.2, 0.25) is 10.0 Å². The molecule has 9 heteroatoms. The van der Waals surface area contributed by atoms with E-state index in [0.717, 1.165) is 17.2 Å². The number of sulfonamides is 1. The molecule has 136 valence electrons. The Morgan fingerprint density at radius 2 is 1.73 bits per heavy atom. The third-order valence-corrected chi connectivity index (χ3v) is 6.40. The number of carbonyl (C=O) groups is 1. The van der Waals surface area contributed by atoms with Crippen LogP contribution in [-0.4, -0.2) is 27.8 Å². The number of nitrogens with one attached hydrogen (secondary N) is 2. The summed E-state index contributed by atoms with van der Waals surface area (Å²) in [6, 6.07) is 11.6. The lowest BCUT2D eigenvalue weighted by atomic mass is 10.2. The molecule has 7 nitrogen and oxygen atoms in total. The van der Waals surface area contributed by atoms with E-state index in [-0.39, 0.29) is 5.91 Å². The van der Waals surface area contributed by atoms with Crippen molar-refractivity contribution in [1.29, 1.82) is 0 Å². The number of benzene rings is 2. The van der Waals surface area contributed by atoms with Gasteiger partial charge in [-0.1, -0.05) is 6.07 Å². The fourth-order valence-corrected chi connectivity index (χ4v) is 3.40. The van der Waals surface area contributed by atoms with Crippen LogP contribution in [0.4, 0.5) is 11.4 Å². The van der Waals surface area contributed by atoms with Crippen LogP contribution in [0.5, 0.6) is 0 Å². The first-order valence-electron chi connectivity index (χ1n) is 7.82. The number of hydrogen-bond donors (Lipinski definition) is 2. The van der Waals surface area contributed by atoms with Crippen molar-refractivity contribution in [1.82, 2.24) is 8.75 Å². The van der Waals surface area contributed by atoms with Crippen LogP contribution in [0.2, 0.25) is 0 Å². The van der Waals surface area contributed by atoms with Gasteiger partial charge in [0.1, 0.15) is 11.0 Å². The Bertz CT molecular complexity index is 1050. The van der Waals surface area contributed by atoms with Crippen molar-refractivity contribution in [2.45, 2.75) is 25.5 Å². The average Bonchev–Trinajstić information content (AvgIpc) is 3.04. The summed E-state index contributed by atoms with van der Waals surface area (Å²) in [6.07, 6.45) is 0. The third-order valence-electron chi connectivity index (χ3n) is 3.74. The van der Waals surface area contributed by atoms with Crippen LogP contribution >= 0.6 is 11.7 Å². The van der Waals surface area contributed by atoms with Gasteiger partial charge in [-0.3, -0.25) is 9.52 Å². The predicted molar refractivity (Wildman–Crippen MR) is 104 cm³/mol. The standard InChI is InChI=1S/C17H18N4O3S2/c1-17(2,3)26(23,24)21-12-9-7-11(8-10-12)16(22)18-13-5-4-6-14-15(13)20-25-19-14/h4-10,21H,1-3H3,(H,18,22). The molecule has 1 aromatic heterocycles. The fraction of sp³-hybridized carbons (Fsp3) is 0.235. The topological polar surface area (TPSA) is 101 Å². The van der Waals surface area contributed by atoms with E-state index >= 15 is 0 Å².